The van der Waals surface area contributed by atoms with Crippen LogP contribution in [0.4, 0.5) is 11.4 Å². The summed E-state index contributed by atoms with van der Waals surface area (Å²) in [6.07, 6.45) is 3.72. The fraction of sp³-hybridized carbons (Fsp3) is 0.600. The number of nitrogens with two attached hydrogens (primary N) is 1. The normalized spacial score (nSPS) is 16.5. The number of hydrogen-bond acceptors (Lipinski definition) is 2. The van der Waals surface area contributed by atoms with Gasteiger partial charge in [0.15, 0.2) is 0 Å². The molecule has 2 rings (SSSR count). The van der Waals surface area contributed by atoms with Crippen LogP contribution in [-0.4, -0.2) is 13.1 Å². The standard InChI is InChI=1S/C15H24N2/c1-15(2,3)11-12-10-13(16)6-7-14(12)17-8-4-5-9-17/h6-7,10H,4-5,8-9,11,16H2,1-3H3. The van der Waals surface area contributed by atoms with Crippen molar-refractivity contribution in [2.75, 3.05) is 23.7 Å². The van der Waals surface area contributed by atoms with Crippen molar-refractivity contribution in [3.05, 3.63) is 23.8 Å². The first kappa shape index (κ1) is 12.3. The van der Waals surface area contributed by atoms with Crippen LogP contribution in [0, 0.1) is 5.41 Å². The van der Waals surface area contributed by atoms with Crippen molar-refractivity contribution in [3.63, 3.8) is 0 Å². The molecule has 0 bridgehead atoms. The molecule has 94 valence electrons. The monoisotopic (exact) mass is 232 g/mol. The topological polar surface area (TPSA) is 29.3 Å². The van der Waals surface area contributed by atoms with Crippen LogP contribution in [0.15, 0.2) is 18.2 Å². The number of nitrogens with zero attached hydrogens (tertiary/aromatic N) is 1. The molecular formula is C15H24N2. The highest BCUT2D eigenvalue weighted by Crippen LogP contribution is 2.31. The van der Waals surface area contributed by atoms with Crippen LogP contribution in [0.1, 0.15) is 39.2 Å². The fourth-order valence-electron chi connectivity index (χ4n) is 2.58. The summed E-state index contributed by atoms with van der Waals surface area (Å²) >= 11 is 0. The second-order valence-electron chi connectivity index (χ2n) is 6.32. The van der Waals surface area contributed by atoms with E-state index in [1.807, 2.05) is 6.07 Å². The molecule has 0 radical (unpaired) electrons. The predicted octanol–water partition coefficient (Wildman–Crippen LogP) is 3.46. The third-order valence-corrected chi connectivity index (χ3v) is 3.27. The minimum absolute atomic E-state index is 0.308. The SMILES string of the molecule is CC(C)(C)Cc1cc(N)ccc1N1CCCC1. The van der Waals surface area contributed by atoms with Crippen LogP contribution in [0.5, 0.6) is 0 Å². The Morgan fingerprint density at radius 3 is 2.41 bits per heavy atom. The van der Waals surface area contributed by atoms with Gasteiger partial charge in [0.05, 0.1) is 0 Å². The molecule has 0 spiro atoms. The van der Waals surface area contributed by atoms with E-state index in [0.29, 0.717) is 5.41 Å². The summed E-state index contributed by atoms with van der Waals surface area (Å²) in [5.41, 5.74) is 9.91. The Kier molecular flexibility index (Phi) is 3.32. The average molecular weight is 232 g/mol. The Morgan fingerprint density at radius 2 is 1.82 bits per heavy atom. The highest BCUT2D eigenvalue weighted by Gasteiger charge is 2.19. The summed E-state index contributed by atoms with van der Waals surface area (Å²) in [7, 11) is 0. The van der Waals surface area contributed by atoms with Gasteiger partial charge in [-0.15, -0.1) is 0 Å². The third kappa shape index (κ3) is 3.15. The van der Waals surface area contributed by atoms with E-state index < -0.39 is 0 Å². The molecule has 0 aromatic heterocycles. The fourth-order valence-corrected chi connectivity index (χ4v) is 2.58. The molecule has 1 aliphatic heterocycles. The maximum absolute atomic E-state index is 5.93. The van der Waals surface area contributed by atoms with Gasteiger partial charge in [-0.3, -0.25) is 0 Å². The molecule has 0 aliphatic carbocycles. The molecule has 1 aromatic rings. The maximum atomic E-state index is 5.93. The largest absolute Gasteiger partial charge is 0.399 e. The Hall–Kier alpha value is -1.18. The lowest BCUT2D eigenvalue weighted by Crippen LogP contribution is -2.21. The summed E-state index contributed by atoms with van der Waals surface area (Å²) in [5, 5.41) is 0. The van der Waals surface area contributed by atoms with Gasteiger partial charge in [-0.1, -0.05) is 20.8 Å². The minimum atomic E-state index is 0.308. The van der Waals surface area contributed by atoms with Crippen molar-refractivity contribution >= 4 is 11.4 Å². The highest BCUT2D eigenvalue weighted by atomic mass is 15.1. The van der Waals surface area contributed by atoms with Gasteiger partial charge in [-0.05, 0) is 48.4 Å². The first-order valence-corrected chi connectivity index (χ1v) is 6.59. The first-order chi connectivity index (χ1) is 7.96. The summed E-state index contributed by atoms with van der Waals surface area (Å²) in [6, 6.07) is 6.38. The summed E-state index contributed by atoms with van der Waals surface area (Å²) in [4.78, 5) is 2.50. The van der Waals surface area contributed by atoms with E-state index in [-0.39, 0.29) is 0 Å². The Labute approximate surface area is 105 Å². The van der Waals surface area contributed by atoms with Crippen LogP contribution in [0.25, 0.3) is 0 Å². The van der Waals surface area contributed by atoms with Gasteiger partial charge in [0.2, 0.25) is 0 Å². The van der Waals surface area contributed by atoms with Gasteiger partial charge < -0.3 is 10.6 Å². The minimum Gasteiger partial charge on any atom is -0.399 e. The van der Waals surface area contributed by atoms with Gasteiger partial charge in [-0.25, -0.2) is 0 Å². The quantitative estimate of drug-likeness (QED) is 0.791. The van der Waals surface area contributed by atoms with Crippen molar-refractivity contribution < 1.29 is 0 Å². The molecule has 0 atom stereocenters. The van der Waals surface area contributed by atoms with Crippen LogP contribution < -0.4 is 10.6 Å². The Balaban J connectivity index is 2.30. The van der Waals surface area contributed by atoms with Gasteiger partial charge in [0.25, 0.3) is 0 Å². The maximum Gasteiger partial charge on any atom is 0.0400 e. The van der Waals surface area contributed by atoms with Crippen molar-refractivity contribution in [2.45, 2.75) is 40.0 Å². The van der Waals surface area contributed by atoms with E-state index in [1.165, 1.54) is 37.2 Å². The molecule has 1 heterocycles. The Morgan fingerprint density at radius 1 is 1.18 bits per heavy atom. The van der Waals surface area contributed by atoms with E-state index >= 15 is 0 Å². The van der Waals surface area contributed by atoms with Crippen LogP contribution in [-0.2, 0) is 6.42 Å². The van der Waals surface area contributed by atoms with Crippen molar-refractivity contribution in [1.82, 2.24) is 0 Å². The zero-order valence-corrected chi connectivity index (χ0v) is 11.3. The van der Waals surface area contributed by atoms with Crippen molar-refractivity contribution in [3.8, 4) is 0 Å². The average Bonchev–Trinajstić information content (AvgIpc) is 2.68. The lowest BCUT2D eigenvalue weighted by atomic mass is 9.87. The summed E-state index contributed by atoms with van der Waals surface area (Å²) in [6.45, 7) is 9.24. The van der Waals surface area contributed by atoms with Crippen molar-refractivity contribution in [2.24, 2.45) is 5.41 Å². The number of benzene rings is 1. The Bertz CT molecular complexity index is 384. The highest BCUT2D eigenvalue weighted by molar-refractivity contribution is 5.60. The van der Waals surface area contributed by atoms with Crippen LogP contribution >= 0.6 is 0 Å². The molecule has 1 aromatic carbocycles. The summed E-state index contributed by atoms with van der Waals surface area (Å²) in [5.74, 6) is 0. The number of anilines is 2. The van der Waals surface area contributed by atoms with Gasteiger partial charge in [0, 0.05) is 24.5 Å². The van der Waals surface area contributed by atoms with E-state index in [4.69, 9.17) is 5.73 Å². The second kappa shape index (κ2) is 4.59. The van der Waals surface area contributed by atoms with Crippen LogP contribution in [0.2, 0.25) is 0 Å². The molecule has 2 nitrogen and oxygen atoms in total. The summed E-state index contributed by atoms with van der Waals surface area (Å²) < 4.78 is 0. The zero-order valence-electron chi connectivity index (χ0n) is 11.3. The number of nitrogen functional groups attached to an aromatic ring is 1. The van der Waals surface area contributed by atoms with E-state index in [1.54, 1.807) is 0 Å². The van der Waals surface area contributed by atoms with Crippen LogP contribution in [0.3, 0.4) is 0 Å². The lowest BCUT2D eigenvalue weighted by molar-refractivity contribution is 0.411. The van der Waals surface area contributed by atoms with Crippen molar-refractivity contribution in [1.29, 1.82) is 0 Å². The predicted molar refractivity (Wildman–Crippen MR) is 75.5 cm³/mol. The lowest BCUT2D eigenvalue weighted by Gasteiger charge is -2.26. The smallest absolute Gasteiger partial charge is 0.0400 e. The molecule has 2 heteroatoms. The van der Waals surface area contributed by atoms with E-state index in [0.717, 1.165) is 12.1 Å². The van der Waals surface area contributed by atoms with E-state index in [9.17, 15) is 0 Å². The second-order valence-corrected chi connectivity index (χ2v) is 6.32. The molecule has 1 fully saturated rings. The molecule has 17 heavy (non-hydrogen) atoms. The number of rotatable bonds is 2. The molecule has 0 unspecified atom stereocenters. The zero-order chi connectivity index (χ0) is 12.5. The molecular weight excluding hydrogens is 208 g/mol. The molecule has 2 N–H and O–H groups in total. The molecule has 1 aliphatic rings. The molecule has 0 amide bonds. The molecule has 0 saturated carbocycles. The third-order valence-electron chi connectivity index (χ3n) is 3.27. The van der Waals surface area contributed by atoms with Gasteiger partial charge in [0.1, 0.15) is 0 Å². The first-order valence-electron chi connectivity index (χ1n) is 6.59. The van der Waals surface area contributed by atoms with Gasteiger partial charge in [-0.2, -0.15) is 0 Å². The van der Waals surface area contributed by atoms with E-state index in [2.05, 4.69) is 37.8 Å². The molecule has 1 saturated heterocycles. The number of hydrogen-bond donors (Lipinski definition) is 1. The van der Waals surface area contributed by atoms with Gasteiger partial charge >= 0.3 is 0 Å².